The summed E-state index contributed by atoms with van der Waals surface area (Å²) in [6.07, 6.45) is 2.26. The van der Waals surface area contributed by atoms with E-state index in [0.717, 1.165) is 42.3 Å². The van der Waals surface area contributed by atoms with E-state index in [4.69, 9.17) is 10.5 Å². The minimum absolute atomic E-state index is 0.515. The molecule has 0 saturated carbocycles. The topological polar surface area (TPSA) is 59.6 Å². The number of hydrogen-bond donors (Lipinski definition) is 2. The van der Waals surface area contributed by atoms with E-state index >= 15 is 0 Å². The lowest BCUT2D eigenvalue weighted by molar-refractivity contribution is 0.372. The first-order valence-electron chi connectivity index (χ1n) is 5.62. The van der Waals surface area contributed by atoms with E-state index in [-0.39, 0.29) is 0 Å². The van der Waals surface area contributed by atoms with Gasteiger partial charge in [0.15, 0.2) is 0 Å². The molecule has 4 nitrogen and oxygen atoms in total. The fraction of sp³-hybridized carbons (Fsp3) is 0.417. The van der Waals surface area contributed by atoms with Crippen molar-refractivity contribution in [2.24, 2.45) is 4.99 Å². The summed E-state index contributed by atoms with van der Waals surface area (Å²) >= 11 is 0. The van der Waals surface area contributed by atoms with Crippen molar-refractivity contribution in [1.29, 1.82) is 0 Å². The summed E-state index contributed by atoms with van der Waals surface area (Å²) in [6.45, 7) is 3.52. The second kappa shape index (κ2) is 4.88. The summed E-state index contributed by atoms with van der Waals surface area (Å²) in [6, 6.07) is 5.57. The molecule has 0 atom stereocenters. The van der Waals surface area contributed by atoms with E-state index < -0.39 is 0 Å². The number of fused-ring (bicyclic) bond motifs is 1. The fourth-order valence-electron chi connectivity index (χ4n) is 1.57. The second-order valence-corrected chi connectivity index (χ2v) is 3.85. The molecule has 3 N–H and O–H groups in total. The predicted molar refractivity (Wildman–Crippen MR) is 67.2 cm³/mol. The highest BCUT2D eigenvalue weighted by Gasteiger charge is 2.13. The second-order valence-electron chi connectivity index (χ2n) is 3.85. The average molecular weight is 219 g/mol. The molecule has 0 saturated heterocycles. The van der Waals surface area contributed by atoms with E-state index in [1.54, 1.807) is 0 Å². The lowest BCUT2D eigenvalue weighted by Gasteiger charge is -2.21. The van der Waals surface area contributed by atoms with Gasteiger partial charge in [0.05, 0.1) is 5.69 Å². The van der Waals surface area contributed by atoms with Crippen LogP contribution in [0, 0.1) is 0 Å². The van der Waals surface area contributed by atoms with Gasteiger partial charge in [-0.2, -0.15) is 0 Å². The van der Waals surface area contributed by atoms with Crippen molar-refractivity contribution in [1.82, 2.24) is 0 Å². The normalized spacial score (nSPS) is 16.4. The van der Waals surface area contributed by atoms with E-state index in [1.165, 1.54) is 0 Å². The summed E-state index contributed by atoms with van der Waals surface area (Å²) in [4.78, 5) is 4.44. The molecule has 2 rings (SSSR count). The molecule has 0 radical (unpaired) electrons. The molecule has 4 heteroatoms. The lowest BCUT2D eigenvalue weighted by Crippen LogP contribution is -2.26. The van der Waals surface area contributed by atoms with Crippen LogP contribution < -0.4 is 15.8 Å². The molecular weight excluding hydrogens is 202 g/mol. The van der Waals surface area contributed by atoms with Crippen molar-refractivity contribution < 1.29 is 4.74 Å². The summed E-state index contributed by atoms with van der Waals surface area (Å²) in [5.74, 6) is 1.72. The highest BCUT2D eigenvalue weighted by molar-refractivity contribution is 5.99. The molecule has 16 heavy (non-hydrogen) atoms. The van der Waals surface area contributed by atoms with E-state index in [1.807, 2.05) is 18.2 Å². The Labute approximate surface area is 95.5 Å². The maximum absolute atomic E-state index is 5.71. The Morgan fingerprint density at radius 2 is 2.38 bits per heavy atom. The number of hydrogen-bond acceptors (Lipinski definition) is 3. The van der Waals surface area contributed by atoms with Gasteiger partial charge in [-0.25, -0.2) is 0 Å². The van der Waals surface area contributed by atoms with Gasteiger partial charge in [-0.1, -0.05) is 13.3 Å². The molecule has 0 fully saturated rings. The Hall–Kier alpha value is -1.71. The van der Waals surface area contributed by atoms with Gasteiger partial charge in [0.1, 0.15) is 18.2 Å². The summed E-state index contributed by atoms with van der Waals surface area (Å²) in [5.41, 5.74) is 7.34. The van der Waals surface area contributed by atoms with Crippen LogP contribution in [0.4, 0.5) is 11.4 Å². The fourth-order valence-corrected chi connectivity index (χ4v) is 1.57. The molecule has 0 spiro atoms. The van der Waals surface area contributed by atoms with Crippen LogP contribution in [-0.4, -0.2) is 19.0 Å². The highest BCUT2D eigenvalue weighted by atomic mass is 16.5. The third kappa shape index (κ3) is 2.45. The molecule has 0 unspecified atom stereocenters. The van der Waals surface area contributed by atoms with Crippen molar-refractivity contribution in [2.45, 2.75) is 19.8 Å². The van der Waals surface area contributed by atoms with Crippen LogP contribution in [0.3, 0.4) is 0 Å². The first-order valence-corrected chi connectivity index (χ1v) is 5.62. The third-order valence-electron chi connectivity index (χ3n) is 2.46. The third-order valence-corrected chi connectivity index (χ3v) is 2.46. The van der Waals surface area contributed by atoms with Crippen LogP contribution in [0.2, 0.25) is 0 Å². The number of rotatable bonds is 3. The zero-order valence-electron chi connectivity index (χ0n) is 9.49. The monoisotopic (exact) mass is 219 g/mol. The number of nitrogens with zero attached hydrogens (tertiary/aromatic N) is 1. The van der Waals surface area contributed by atoms with Crippen LogP contribution in [0.15, 0.2) is 23.2 Å². The maximum atomic E-state index is 5.71. The maximum Gasteiger partial charge on any atom is 0.145 e. The van der Waals surface area contributed by atoms with Crippen molar-refractivity contribution >= 4 is 17.2 Å². The molecule has 0 amide bonds. The summed E-state index contributed by atoms with van der Waals surface area (Å²) in [7, 11) is 0. The number of nitrogens with two attached hydrogens (primary N) is 1. The molecule has 1 aromatic carbocycles. The van der Waals surface area contributed by atoms with Crippen molar-refractivity contribution in [3.05, 3.63) is 18.2 Å². The van der Waals surface area contributed by atoms with Gasteiger partial charge >= 0.3 is 0 Å². The zero-order chi connectivity index (χ0) is 11.4. The SMILES string of the molecule is CCCCN=C1COc2ccc(N)cc2N1. The Morgan fingerprint density at radius 3 is 3.19 bits per heavy atom. The van der Waals surface area contributed by atoms with Gasteiger partial charge in [0, 0.05) is 12.2 Å². The van der Waals surface area contributed by atoms with Crippen LogP contribution in [0.1, 0.15) is 19.8 Å². The number of unbranched alkanes of at least 4 members (excludes halogenated alkanes) is 1. The van der Waals surface area contributed by atoms with E-state index in [9.17, 15) is 0 Å². The van der Waals surface area contributed by atoms with Crippen LogP contribution in [0.5, 0.6) is 5.75 Å². The van der Waals surface area contributed by atoms with Gasteiger partial charge in [-0.05, 0) is 24.6 Å². The number of benzene rings is 1. The quantitative estimate of drug-likeness (QED) is 0.605. The first-order chi connectivity index (χ1) is 7.79. The number of ether oxygens (including phenoxy) is 1. The minimum atomic E-state index is 0.515. The molecular formula is C12H17N3O. The molecule has 86 valence electrons. The number of anilines is 2. The van der Waals surface area contributed by atoms with E-state index in [2.05, 4.69) is 17.2 Å². The molecule has 1 aliphatic rings. The highest BCUT2D eigenvalue weighted by Crippen LogP contribution is 2.29. The van der Waals surface area contributed by atoms with Crippen molar-refractivity contribution in [3.63, 3.8) is 0 Å². The molecule has 0 aliphatic carbocycles. The largest absolute Gasteiger partial charge is 0.484 e. The number of amidine groups is 1. The van der Waals surface area contributed by atoms with Gasteiger partial charge in [-0.3, -0.25) is 4.99 Å². The minimum Gasteiger partial charge on any atom is -0.484 e. The molecule has 0 bridgehead atoms. The molecule has 1 aromatic rings. The van der Waals surface area contributed by atoms with E-state index in [0.29, 0.717) is 6.61 Å². The molecule has 0 aromatic heterocycles. The zero-order valence-corrected chi connectivity index (χ0v) is 9.49. The smallest absolute Gasteiger partial charge is 0.145 e. The van der Waals surface area contributed by atoms with Gasteiger partial charge in [0.2, 0.25) is 0 Å². The Balaban J connectivity index is 2.07. The molecule has 1 heterocycles. The van der Waals surface area contributed by atoms with Crippen LogP contribution in [0.25, 0.3) is 0 Å². The summed E-state index contributed by atoms with van der Waals surface area (Å²) < 4.78 is 5.57. The van der Waals surface area contributed by atoms with Gasteiger partial charge < -0.3 is 15.8 Å². The van der Waals surface area contributed by atoms with Crippen molar-refractivity contribution in [3.8, 4) is 5.75 Å². The predicted octanol–water partition coefficient (Wildman–Crippen LogP) is 2.27. The van der Waals surface area contributed by atoms with Gasteiger partial charge in [0.25, 0.3) is 0 Å². The first kappa shape index (κ1) is 10.8. The number of nitrogens with one attached hydrogen (secondary N) is 1. The Bertz CT molecular complexity index is 401. The van der Waals surface area contributed by atoms with Crippen LogP contribution in [-0.2, 0) is 0 Å². The van der Waals surface area contributed by atoms with Gasteiger partial charge in [-0.15, -0.1) is 0 Å². The standard InChI is InChI=1S/C12H17N3O/c1-2-3-6-14-12-8-16-11-5-4-9(13)7-10(11)15-12/h4-5,7H,2-3,6,8,13H2,1H3,(H,14,15). The summed E-state index contributed by atoms with van der Waals surface area (Å²) in [5, 5.41) is 3.24. The Morgan fingerprint density at radius 1 is 1.50 bits per heavy atom. The molecule has 1 aliphatic heterocycles. The number of nitrogen functional groups attached to an aromatic ring is 1. The number of aliphatic imine (C=N–C) groups is 1. The Kier molecular flexibility index (Phi) is 3.29. The van der Waals surface area contributed by atoms with Crippen LogP contribution >= 0.6 is 0 Å². The van der Waals surface area contributed by atoms with Crippen molar-refractivity contribution in [2.75, 3.05) is 24.2 Å². The lowest BCUT2D eigenvalue weighted by atomic mass is 10.2. The average Bonchev–Trinajstić information content (AvgIpc) is 2.29.